The number of amides is 1. The SMILES string of the molecule is CC(Cc1ccccc1)NC(=O)Cc1ccc(Cl)cc1. The summed E-state index contributed by atoms with van der Waals surface area (Å²) < 4.78 is 0. The van der Waals surface area contributed by atoms with Crippen molar-refractivity contribution in [3.63, 3.8) is 0 Å². The highest BCUT2D eigenvalue weighted by Crippen LogP contribution is 2.10. The molecule has 2 rings (SSSR count). The van der Waals surface area contributed by atoms with Crippen molar-refractivity contribution >= 4 is 17.5 Å². The van der Waals surface area contributed by atoms with Crippen LogP contribution in [0.2, 0.25) is 5.02 Å². The summed E-state index contributed by atoms with van der Waals surface area (Å²) in [6.07, 6.45) is 1.23. The van der Waals surface area contributed by atoms with E-state index in [1.165, 1.54) is 5.56 Å². The zero-order valence-electron chi connectivity index (χ0n) is 11.5. The Morgan fingerprint density at radius 1 is 1.05 bits per heavy atom. The molecule has 0 aliphatic rings. The van der Waals surface area contributed by atoms with E-state index >= 15 is 0 Å². The largest absolute Gasteiger partial charge is 0.353 e. The van der Waals surface area contributed by atoms with Gasteiger partial charge in [-0.1, -0.05) is 54.1 Å². The molecule has 0 saturated carbocycles. The summed E-state index contributed by atoms with van der Waals surface area (Å²) in [6.45, 7) is 2.02. The fourth-order valence-corrected chi connectivity index (χ4v) is 2.26. The van der Waals surface area contributed by atoms with Gasteiger partial charge in [-0.2, -0.15) is 0 Å². The molecule has 1 amide bonds. The lowest BCUT2D eigenvalue weighted by atomic mass is 10.1. The number of hydrogen-bond donors (Lipinski definition) is 1. The number of benzene rings is 2. The highest BCUT2D eigenvalue weighted by Gasteiger charge is 2.08. The van der Waals surface area contributed by atoms with Crippen molar-refractivity contribution in [3.05, 3.63) is 70.7 Å². The number of rotatable bonds is 5. The third-order valence-electron chi connectivity index (χ3n) is 3.07. The van der Waals surface area contributed by atoms with Gasteiger partial charge in [0.2, 0.25) is 5.91 Å². The van der Waals surface area contributed by atoms with Crippen LogP contribution in [0.1, 0.15) is 18.1 Å². The van der Waals surface area contributed by atoms with E-state index in [0.29, 0.717) is 11.4 Å². The Labute approximate surface area is 124 Å². The van der Waals surface area contributed by atoms with Gasteiger partial charge in [0.1, 0.15) is 0 Å². The average molecular weight is 288 g/mol. The highest BCUT2D eigenvalue weighted by molar-refractivity contribution is 6.30. The summed E-state index contributed by atoms with van der Waals surface area (Å²) >= 11 is 5.82. The van der Waals surface area contributed by atoms with Gasteiger partial charge in [0.15, 0.2) is 0 Å². The maximum absolute atomic E-state index is 12.0. The summed E-state index contributed by atoms with van der Waals surface area (Å²) in [7, 11) is 0. The Balaban J connectivity index is 1.83. The zero-order chi connectivity index (χ0) is 14.4. The van der Waals surface area contributed by atoms with Crippen molar-refractivity contribution in [1.29, 1.82) is 0 Å². The van der Waals surface area contributed by atoms with E-state index in [1.807, 2.05) is 37.3 Å². The van der Waals surface area contributed by atoms with Gasteiger partial charge in [-0.3, -0.25) is 4.79 Å². The smallest absolute Gasteiger partial charge is 0.224 e. The average Bonchev–Trinajstić information content (AvgIpc) is 2.42. The van der Waals surface area contributed by atoms with Crippen molar-refractivity contribution in [2.24, 2.45) is 0 Å². The molecule has 0 saturated heterocycles. The lowest BCUT2D eigenvalue weighted by Gasteiger charge is -2.14. The molecule has 1 atom stereocenters. The number of carbonyl (C=O) groups is 1. The Morgan fingerprint density at radius 2 is 1.70 bits per heavy atom. The molecule has 0 bridgehead atoms. The first-order valence-corrected chi connectivity index (χ1v) is 7.09. The Kier molecular flexibility index (Phi) is 5.19. The first-order chi connectivity index (χ1) is 9.63. The molecule has 0 fully saturated rings. The molecule has 2 aromatic carbocycles. The van der Waals surface area contributed by atoms with Crippen LogP contribution < -0.4 is 5.32 Å². The van der Waals surface area contributed by atoms with E-state index < -0.39 is 0 Å². The van der Waals surface area contributed by atoms with E-state index in [1.54, 1.807) is 12.1 Å². The maximum atomic E-state index is 12.0. The second-order valence-electron chi connectivity index (χ2n) is 4.96. The minimum Gasteiger partial charge on any atom is -0.353 e. The van der Waals surface area contributed by atoms with Gasteiger partial charge in [0.05, 0.1) is 6.42 Å². The minimum absolute atomic E-state index is 0.0377. The van der Waals surface area contributed by atoms with E-state index in [4.69, 9.17) is 11.6 Å². The van der Waals surface area contributed by atoms with Crippen LogP contribution in [0.15, 0.2) is 54.6 Å². The predicted octanol–water partition coefficient (Wildman–Crippen LogP) is 3.63. The minimum atomic E-state index is 0.0377. The van der Waals surface area contributed by atoms with Gasteiger partial charge in [-0.15, -0.1) is 0 Å². The van der Waals surface area contributed by atoms with Crippen LogP contribution in [0.4, 0.5) is 0 Å². The number of carbonyl (C=O) groups excluding carboxylic acids is 1. The molecule has 0 aliphatic carbocycles. The fourth-order valence-electron chi connectivity index (χ4n) is 2.13. The van der Waals surface area contributed by atoms with Crippen LogP contribution in [0.25, 0.3) is 0 Å². The first kappa shape index (κ1) is 14.6. The summed E-state index contributed by atoms with van der Waals surface area (Å²) in [5, 5.41) is 3.71. The zero-order valence-corrected chi connectivity index (χ0v) is 12.2. The number of hydrogen-bond acceptors (Lipinski definition) is 1. The molecule has 2 nitrogen and oxygen atoms in total. The van der Waals surface area contributed by atoms with Gasteiger partial charge in [-0.25, -0.2) is 0 Å². The van der Waals surface area contributed by atoms with Crippen molar-refractivity contribution in [1.82, 2.24) is 5.32 Å². The molecular weight excluding hydrogens is 270 g/mol. The normalized spacial score (nSPS) is 11.9. The topological polar surface area (TPSA) is 29.1 Å². The lowest BCUT2D eigenvalue weighted by Crippen LogP contribution is -2.35. The molecule has 1 N–H and O–H groups in total. The van der Waals surface area contributed by atoms with Crippen molar-refractivity contribution < 1.29 is 4.79 Å². The molecule has 1 unspecified atom stereocenters. The maximum Gasteiger partial charge on any atom is 0.224 e. The first-order valence-electron chi connectivity index (χ1n) is 6.71. The molecule has 20 heavy (non-hydrogen) atoms. The number of nitrogens with one attached hydrogen (secondary N) is 1. The Morgan fingerprint density at radius 3 is 2.35 bits per heavy atom. The van der Waals surface area contributed by atoms with Crippen LogP contribution in [0.3, 0.4) is 0 Å². The Bertz CT molecular complexity index is 551. The van der Waals surface area contributed by atoms with E-state index in [2.05, 4.69) is 17.4 Å². The van der Waals surface area contributed by atoms with Gasteiger partial charge < -0.3 is 5.32 Å². The Hall–Kier alpha value is -1.80. The van der Waals surface area contributed by atoms with E-state index in [-0.39, 0.29) is 11.9 Å². The quantitative estimate of drug-likeness (QED) is 0.894. The van der Waals surface area contributed by atoms with Crippen LogP contribution in [0, 0.1) is 0 Å². The van der Waals surface area contributed by atoms with Crippen LogP contribution >= 0.6 is 11.6 Å². The van der Waals surface area contributed by atoms with Crippen LogP contribution in [-0.4, -0.2) is 11.9 Å². The third-order valence-corrected chi connectivity index (χ3v) is 3.32. The van der Waals surface area contributed by atoms with Gasteiger partial charge in [0.25, 0.3) is 0 Å². The third kappa shape index (κ3) is 4.71. The van der Waals surface area contributed by atoms with E-state index in [9.17, 15) is 4.79 Å². The van der Waals surface area contributed by atoms with Gasteiger partial charge in [-0.05, 0) is 36.6 Å². The molecule has 0 spiro atoms. The molecule has 0 radical (unpaired) electrons. The summed E-state index contributed by atoms with van der Waals surface area (Å²) in [4.78, 5) is 12.0. The lowest BCUT2D eigenvalue weighted by molar-refractivity contribution is -0.121. The second-order valence-corrected chi connectivity index (χ2v) is 5.40. The molecule has 3 heteroatoms. The van der Waals surface area contributed by atoms with Crippen LogP contribution in [-0.2, 0) is 17.6 Å². The predicted molar refractivity (Wildman–Crippen MR) is 82.9 cm³/mol. The van der Waals surface area contributed by atoms with Crippen molar-refractivity contribution in [2.45, 2.75) is 25.8 Å². The number of halogens is 1. The standard InChI is InChI=1S/C17H18ClNO/c1-13(11-14-5-3-2-4-6-14)19-17(20)12-15-7-9-16(18)10-8-15/h2-10,13H,11-12H2,1H3,(H,19,20). The van der Waals surface area contributed by atoms with Crippen molar-refractivity contribution in [3.8, 4) is 0 Å². The molecule has 2 aromatic rings. The summed E-state index contributed by atoms with van der Waals surface area (Å²) in [6, 6.07) is 17.6. The molecule has 0 aliphatic heterocycles. The molecular formula is C17H18ClNO. The molecule has 0 heterocycles. The van der Waals surface area contributed by atoms with Gasteiger partial charge >= 0.3 is 0 Å². The highest BCUT2D eigenvalue weighted by atomic mass is 35.5. The van der Waals surface area contributed by atoms with Crippen molar-refractivity contribution in [2.75, 3.05) is 0 Å². The van der Waals surface area contributed by atoms with Gasteiger partial charge in [0, 0.05) is 11.1 Å². The summed E-state index contributed by atoms with van der Waals surface area (Å²) in [5.41, 5.74) is 2.20. The molecule has 0 aromatic heterocycles. The van der Waals surface area contributed by atoms with Crippen LogP contribution in [0.5, 0.6) is 0 Å². The fraction of sp³-hybridized carbons (Fsp3) is 0.235. The monoisotopic (exact) mass is 287 g/mol. The van der Waals surface area contributed by atoms with E-state index in [0.717, 1.165) is 12.0 Å². The second kappa shape index (κ2) is 7.11. The summed E-state index contributed by atoms with van der Waals surface area (Å²) in [5.74, 6) is 0.0377. The molecule has 104 valence electrons.